The molecule has 0 aliphatic heterocycles. The molecule has 1 aliphatic rings. The molecule has 2 rings (SSSR count). The highest BCUT2D eigenvalue weighted by Crippen LogP contribution is 2.27. The van der Waals surface area contributed by atoms with Crippen molar-refractivity contribution in [2.75, 3.05) is 13.7 Å². The van der Waals surface area contributed by atoms with Crippen molar-refractivity contribution >= 4 is 18.0 Å². The monoisotopic (exact) mass is 345 g/mol. The standard InChI is InChI=1S/C18H23N3O4/c1-3-10-25-15-9-8-13(11-16(15)24-2)12-19-21-18(23)17(22)20-14-6-4-5-7-14/h3,8-9,11-12,14H,1,4-7,10H2,2H3,(H,20,22)(H,21,23)/b19-12+. The summed E-state index contributed by atoms with van der Waals surface area (Å²) < 4.78 is 10.7. The second-order valence-electron chi connectivity index (χ2n) is 5.66. The minimum atomic E-state index is -0.777. The third-order valence-corrected chi connectivity index (χ3v) is 3.82. The van der Waals surface area contributed by atoms with Crippen LogP contribution in [0.1, 0.15) is 31.2 Å². The number of methoxy groups -OCH3 is 1. The van der Waals surface area contributed by atoms with Crippen LogP contribution in [-0.4, -0.2) is 37.8 Å². The van der Waals surface area contributed by atoms with Crippen LogP contribution in [0, 0.1) is 0 Å². The molecule has 1 aliphatic carbocycles. The first-order chi connectivity index (χ1) is 12.1. The lowest BCUT2D eigenvalue weighted by Crippen LogP contribution is -2.42. The molecule has 0 saturated heterocycles. The Kier molecular flexibility index (Phi) is 7.00. The molecule has 0 unspecified atom stereocenters. The van der Waals surface area contributed by atoms with E-state index in [-0.39, 0.29) is 6.04 Å². The third-order valence-electron chi connectivity index (χ3n) is 3.82. The summed E-state index contributed by atoms with van der Waals surface area (Å²) in [6.07, 6.45) is 7.07. The summed E-state index contributed by atoms with van der Waals surface area (Å²) in [5.74, 6) is -0.313. The number of ether oxygens (including phenoxy) is 2. The summed E-state index contributed by atoms with van der Waals surface area (Å²) in [7, 11) is 1.53. The number of benzene rings is 1. The number of hydrogen-bond acceptors (Lipinski definition) is 5. The van der Waals surface area contributed by atoms with E-state index in [2.05, 4.69) is 22.4 Å². The van der Waals surface area contributed by atoms with Crippen LogP contribution in [-0.2, 0) is 9.59 Å². The molecule has 134 valence electrons. The van der Waals surface area contributed by atoms with Gasteiger partial charge in [0.1, 0.15) is 6.61 Å². The Morgan fingerprint density at radius 1 is 1.28 bits per heavy atom. The van der Waals surface area contributed by atoms with Gasteiger partial charge in [0.25, 0.3) is 0 Å². The number of hydrazone groups is 1. The largest absolute Gasteiger partial charge is 0.493 e. The molecule has 0 spiro atoms. The third kappa shape index (κ3) is 5.63. The quantitative estimate of drug-likeness (QED) is 0.341. The number of nitrogens with one attached hydrogen (secondary N) is 2. The van der Waals surface area contributed by atoms with Crippen LogP contribution in [0.5, 0.6) is 11.5 Å². The van der Waals surface area contributed by atoms with Crippen molar-refractivity contribution in [1.82, 2.24) is 10.7 Å². The van der Waals surface area contributed by atoms with Gasteiger partial charge in [-0.3, -0.25) is 9.59 Å². The fraction of sp³-hybridized carbons (Fsp3) is 0.389. The molecule has 1 saturated carbocycles. The van der Waals surface area contributed by atoms with Gasteiger partial charge in [-0.25, -0.2) is 5.43 Å². The van der Waals surface area contributed by atoms with Gasteiger partial charge in [-0.2, -0.15) is 5.10 Å². The molecule has 0 bridgehead atoms. The van der Waals surface area contributed by atoms with E-state index in [0.717, 1.165) is 25.7 Å². The Hall–Kier alpha value is -2.83. The van der Waals surface area contributed by atoms with Gasteiger partial charge in [0.15, 0.2) is 11.5 Å². The van der Waals surface area contributed by atoms with E-state index >= 15 is 0 Å². The van der Waals surface area contributed by atoms with E-state index in [9.17, 15) is 9.59 Å². The predicted octanol–water partition coefficient (Wildman–Crippen LogP) is 1.77. The summed E-state index contributed by atoms with van der Waals surface area (Å²) in [6.45, 7) is 3.96. The van der Waals surface area contributed by atoms with E-state index in [0.29, 0.717) is 23.7 Å². The van der Waals surface area contributed by atoms with Gasteiger partial charge in [-0.05, 0) is 36.6 Å². The lowest BCUT2D eigenvalue weighted by Gasteiger charge is -2.10. The van der Waals surface area contributed by atoms with Crippen LogP contribution in [0.4, 0.5) is 0 Å². The first kappa shape index (κ1) is 18.5. The van der Waals surface area contributed by atoms with Gasteiger partial charge in [0, 0.05) is 6.04 Å². The maximum atomic E-state index is 11.7. The topological polar surface area (TPSA) is 89.0 Å². The maximum Gasteiger partial charge on any atom is 0.329 e. The molecule has 2 amide bonds. The smallest absolute Gasteiger partial charge is 0.329 e. The van der Waals surface area contributed by atoms with Gasteiger partial charge in [-0.1, -0.05) is 25.5 Å². The highest BCUT2D eigenvalue weighted by molar-refractivity contribution is 6.35. The van der Waals surface area contributed by atoms with E-state index in [4.69, 9.17) is 9.47 Å². The molecule has 25 heavy (non-hydrogen) atoms. The Labute approximate surface area is 147 Å². The zero-order valence-corrected chi connectivity index (χ0v) is 14.3. The molecule has 7 nitrogen and oxygen atoms in total. The molecular formula is C18H23N3O4. The number of hydrogen-bond donors (Lipinski definition) is 2. The Morgan fingerprint density at radius 2 is 2.04 bits per heavy atom. The molecule has 2 N–H and O–H groups in total. The zero-order chi connectivity index (χ0) is 18.1. The highest BCUT2D eigenvalue weighted by Gasteiger charge is 2.20. The molecule has 0 heterocycles. The minimum absolute atomic E-state index is 0.0922. The number of carbonyl (C=O) groups is 2. The van der Waals surface area contributed by atoms with Crippen molar-refractivity contribution < 1.29 is 19.1 Å². The number of amides is 2. The average Bonchev–Trinajstić information content (AvgIpc) is 3.13. The van der Waals surface area contributed by atoms with Crippen LogP contribution in [0.25, 0.3) is 0 Å². The molecule has 0 radical (unpaired) electrons. The number of nitrogens with zero attached hydrogens (tertiary/aromatic N) is 1. The number of rotatable bonds is 7. The average molecular weight is 345 g/mol. The number of carbonyl (C=O) groups excluding carboxylic acids is 2. The first-order valence-electron chi connectivity index (χ1n) is 8.19. The van der Waals surface area contributed by atoms with Gasteiger partial charge < -0.3 is 14.8 Å². The van der Waals surface area contributed by atoms with Gasteiger partial charge in [0.2, 0.25) is 0 Å². The normalized spacial score (nSPS) is 14.3. The van der Waals surface area contributed by atoms with Gasteiger partial charge in [0.05, 0.1) is 13.3 Å². The van der Waals surface area contributed by atoms with Crippen molar-refractivity contribution in [2.24, 2.45) is 5.10 Å². The van der Waals surface area contributed by atoms with Crippen molar-refractivity contribution in [3.8, 4) is 11.5 Å². The molecule has 1 fully saturated rings. The predicted molar refractivity (Wildman–Crippen MR) is 94.8 cm³/mol. The summed E-state index contributed by atoms with van der Waals surface area (Å²) in [4.78, 5) is 23.5. The second kappa shape index (κ2) is 9.46. The van der Waals surface area contributed by atoms with Crippen LogP contribution < -0.4 is 20.2 Å². The molecule has 0 atom stereocenters. The van der Waals surface area contributed by atoms with E-state index in [1.165, 1.54) is 13.3 Å². The summed E-state index contributed by atoms with van der Waals surface area (Å²) in [5, 5.41) is 6.51. The lowest BCUT2D eigenvalue weighted by molar-refractivity contribution is -0.139. The van der Waals surface area contributed by atoms with Crippen molar-refractivity contribution in [3.05, 3.63) is 36.4 Å². The van der Waals surface area contributed by atoms with Crippen LogP contribution in [0.15, 0.2) is 36.0 Å². The fourth-order valence-corrected chi connectivity index (χ4v) is 2.57. The van der Waals surface area contributed by atoms with Crippen LogP contribution in [0.2, 0.25) is 0 Å². The minimum Gasteiger partial charge on any atom is -0.493 e. The summed E-state index contributed by atoms with van der Waals surface area (Å²) in [5.41, 5.74) is 2.92. The van der Waals surface area contributed by atoms with E-state index in [1.54, 1.807) is 24.3 Å². The maximum absolute atomic E-state index is 11.7. The Balaban J connectivity index is 1.88. The molecule has 1 aromatic carbocycles. The Bertz CT molecular complexity index is 652. The zero-order valence-electron chi connectivity index (χ0n) is 14.3. The SMILES string of the molecule is C=CCOc1ccc(/C=N/NC(=O)C(=O)NC2CCCC2)cc1OC. The molecule has 0 aromatic heterocycles. The Morgan fingerprint density at radius 3 is 2.72 bits per heavy atom. The molecule has 1 aromatic rings. The van der Waals surface area contributed by atoms with Crippen LogP contribution in [0.3, 0.4) is 0 Å². The van der Waals surface area contributed by atoms with Gasteiger partial charge >= 0.3 is 11.8 Å². The van der Waals surface area contributed by atoms with E-state index in [1.807, 2.05) is 0 Å². The molecular weight excluding hydrogens is 322 g/mol. The van der Waals surface area contributed by atoms with Crippen molar-refractivity contribution in [1.29, 1.82) is 0 Å². The van der Waals surface area contributed by atoms with Crippen LogP contribution >= 0.6 is 0 Å². The summed E-state index contributed by atoms with van der Waals surface area (Å²) >= 11 is 0. The summed E-state index contributed by atoms with van der Waals surface area (Å²) in [6, 6.07) is 5.30. The fourth-order valence-electron chi connectivity index (χ4n) is 2.57. The highest BCUT2D eigenvalue weighted by atomic mass is 16.5. The van der Waals surface area contributed by atoms with Gasteiger partial charge in [-0.15, -0.1) is 0 Å². The first-order valence-corrected chi connectivity index (χ1v) is 8.19. The second-order valence-corrected chi connectivity index (χ2v) is 5.66. The lowest BCUT2D eigenvalue weighted by atomic mass is 10.2. The van der Waals surface area contributed by atoms with Crippen molar-refractivity contribution in [3.63, 3.8) is 0 Å². The van der Waals surface area contributed by atoms with E-state index < -0.39 is 11.8 Å². The van der Waals surface area contributed by atoms with Crippen molar-refractivity contribution in [2.45, 2.75) is 31.7 Å². The molecule has 7 heteroatoms.